The van der Waals surface area contributed by atoms with E-state index in [4.69, 9.17) is 10.6 Å². The third-order valence-electron chi connectivity index (χ3n) is 2.52. The Morgan fingerprint density at radius 1 is 1.35 bits per heavy atom. The SMILES string of the molecule is Cc1nn(C)c(C)c1Oc1cccc(NN)n1. The van der Waals surface area contributed by atoms with Crippen molar-refractivity contribution in [2.24, 2.45) is 12.9 Å². The molecule has 6 nitrogen and oxygen atoms in total. The Morgan fingerprint density at radius 3 is 2.71 bits per heavy atom. The highest BCUT2D eigenvalue weighted by Gasteiger charge is 2.12. The molecule has 0 unspecified atom stereocenters. The van der Waals surface area contributed by atoms with Crippen LogP contribution in [0.2, 0.25) is 0 Å². The predicted octanol–water partition coefficient (Wildman–Crippen LogP) is 1.51. The van der Waals surface area contributed by atoms with Crippen molar-refractivity contribution >= 4 is 5.82 Å². The lowest BCUT2D eigenvalue weighted by Crippen LogP contribution is -2.08. The lowest BCUT2D eigenvalue weighted by molar-refractivity contribution is 0.456. The fourth-order valence-electron chi connectivity index (χ4n) is 1.56. The zero-order valence-corrected chi connectivity index (χ0v) is 10.1. The number of anilines is 1. The number of aromatic nitrogens is 3. The van der Waals surface area contributed by atoms with E-state index in [1.54, 1.807) is 16.8 Å². The maximum Gasteiger partial charge on any atom is 0.221 e. The number of rotatable bonds is 3. The monoisotopic (exact) mass is 233 g/mol. The molecular formula is C11H15N5O. The molecule has 0 saturated carbocycles. The van der Waals surface area contributed by atoms with Crippen molar-refractivity contribution in [1.29, 1.82) is 0 Å². The molecule has 0 spiro atoms. The number of hydrogen-bond donors (Lipinski definition) is 2. The van der Waals surface area contributed by atoms with E-state index in [-0.39, 0.29) is 0 Å². The van der Waals surface area contributed by atoms with E-state index in [0.717, 1.165) is 17.1 Å². The summed E-state index contributed by atoms with van der Waals surface area (Å²) in [6.07, 6.45) is 0. The molecule has 0 aliphatic heterocycles. The normalized spacial score (nSPS) is 10.4. The number of aryl methyl sites for hydroxylation is 2. The van der Waals surface area contributed by atoms with Gasteiger partial charge in [0, 0.05) is 13.1 Å². The van der Waals surface area contributed by atoms with Crippen molar-refractivity contribution in [3.63, 3.8) is 0 Å². The molecule has 17 heavy (non-hydrogen) atoms. The molecule has 90 valence electrons. The first kappa shape index (κ1) is 11.4. The van der Waals surface area contributed by atoms with Gasteiger partial charge in [0.25, 0.3) is 0 Å². The Labute approximate surface area is 99.4 Å². The van der Waals surface area contributed by atoms with Gasteiger partial charge in [-0.25, -0.2) is 5.84 Å². The Bertz CT molecular complexity index is 535. The van der Waals surface area contributed by atoms with Crippen molar-refractivity contribution in [3.8, 4) is 11.6 Å². The highest BCUT2D eigenvalue weighted by molar-refractivity contribution is 5.39. The minimum Gasteiger partial charge on any atom is -0.435 e. The van der Waals surface area contributed by atoms with Gasteiger partial charge in [0.15, 0.2) is 5.75 Å². The van der Waals surface area contributed by atoms with E-state index in [0.29, 0.717) is 11.7 Å². The number of pyridine rings is 1. The number of ether oxygens (including phenoxy) is 1. The van der Waals surface area contributed by atoms with Gasteiger partial charge in [-0.1, -0.05) is 6.07 Å². The molecule has 0 aliphatic carbocycles. The summed E-state index contributed by atoms with van der Waals surface area (Å²) in [5.41, 5.74) is 4.26. The van der Waals surface area contributed by atoms with Gasteiger partial charge < -0.3 is 10.2 Å². The minimum absolute atomic E-state index is 0.486. The zero-order chi connectivity index (χ0) is 12.4. The molecule has 0 bridgehead atoms. The number of nitrogens with zero attached hydrogens (tertiary/aromatic N) is 3. The highest BCUT2D eigenvalue weighted by Crippen LogP contribution is 2.27. The van der Waals surface area contributed by atoms with Gasteiger partial charge >= 0.3 is 0 Å². The van der Waals surface area contributed by atoms with Crippen molar-refractivity contribution in [1.82, 2.24) is 14.8 Å². The Hall–Kier alpha value is -2.08. The topological polar surface area (TPSA) is 78.0 Å². The lowest BCUT2D eigenvalue weighted by Gasteiger charge is -2.06. The van der Waals surface area contributed by atoms with Crippen molar-refractivity contribution in [3.05, 3.63) is 29.6 Å². The van der Waals surface area contributed by atoms with Crippen molar-refractivity contribution in [2.75, 3.05) is 5.43 Å². The second-order valence-corrected chi connectivity index (χ2v) is 3.73. The Morgan fingerprint density at radius 2 is 2.12 bits per heavy atom. The number of nitrogens with two attached hydrogens (primary N) is 1. The fraction of sp³-hybridized carbons (Fsp3) is 0.273. The van der Waals surface area contributed by atoms with Crippen LogP contribution in [0.1, 0.15) is 11.4 Å². The largest absolute Gasteiger partial charge is 0.435 e. The van der Waals surface area contributed by atoms with Crippen molar-refractivity contribution in [2.45, 2.75) is 13.8 Å². The van der Waals surface area contributed by atoms with Gasteiger partial charge in [0.2, 0.25) is 5.88 Å². The summed E-state index contributed by atoms with van der Waals surface area (Å²) >= 11 is 0. The quantitative estimate of drug-likeness (QED) is 0.620. The summed E-state index contributed by atoms with van der Waals surface area (Å²) in [7, 11) is 1.88. The molecule has 0 radical (unpaired) electrons. The highest BCUT2D eigenvalue weighted by atomic mass is 16.5. The molecule has 0 saturated heterocycles. The van der Waals surface area contributed by atoms with E-state index < -0.39 is 0 Å². The average molecular weight is 233 g/mol. The molecule has 3 N–H and O–H groups in total. The van der Waals surface area contributed by atoms with Crippen LogP contribution >= 0.6 is 0 Å². The van der Waals surface area contributed by atoms with Crippen LogP contribution in [-0.4, -0.2) is 14.8 Å². The lowest BCUT2D eigenvalue weighted by atomic mass is 10.3. The van der Waals surface area contributed by atoms with Gasteiger partial charge in [-0.3, -0.25) is 4.68 Å². The maximum absolute atomic E-state index is 5.71. The fourth-order valence-corrected chi connectivity index (χ4v) is 1.56. The Balaban J connectivity index is 2.31. The third kappa shape index (κ3) is 2.21. The predicted molar refractivity (Wildman–Crippen MR) is 64.8 cm³/mol. The Kier molecular flexibility index (Phi) is 2.97. The van der Waals surface area contributed by atoms with Gasteiger partial charge in [-0.05, 0) is 19.9 Å². The van der Waals surface area contributed by atoms with Crippen LogP contribution < -0.4 is 16.0 Å². The van der Waals surface area contributed by atoms with E-state index in [1.807, 2.05) is 27.0 Å². The summed E-state index contributed by atoms with van der Waals surface area (Å²) < 4.78 is 7.49. The molecule has 0 aliphatic rings. The van der Waals surface area contributed by atoms with E-state index in [9.17, 15) is 0 Å². The second kappa shape index (κ2) is 4.42. The molecule has 2 aromatic heterocycles. The van der Waals surface area contributed by atoms with Crippen LogP contribution in [-0.2, 0) is 7.05 Å². The standard InChI is InChI=1S/C11H15N5O/c1-7-11(8(2)16(3)15-7)17-10-6-4-5-9(13-10)14-12/h4-6H,12H2,1-3H3,(H,13,14). The summed E-state index contributed by atoms with van der Waals surface area (Å²) in [4.78, 5) is 4.18. The maximum atomic E-state index is 5.71. The molecular weight excluding hydrogens is 218 g/mol. The van der Waals surface area contributed by atoms with E-state index >= 15 is 0 Å². The number of nitrogen functional groups attached to an aromatic ring is 1. The van der Waals surface area contributed by atoms with Crippen LogP contribution in [0.5, 0.6) is 11.6 Å². The summed E-state index contributed by atoms with van der Waals surface area (Å²) in [5.74, 6) is 7.07. The van der Waals surface area contributed by atoms with Gasteiger partial charge in [-0.2, -0.15) is 10.1 Å². The molecule has 2 heterocycles. The molecule has 2 rings (SSSR count). The minimum atomic E-state index is 0.486. The van der Waals surface area contributed by atoms with Crippen LogP contribution in [0.3, 0.4) is 0 Å². The first-order valence-electron chi connectivity index (χ1n) is 5.23. The second-order valence-electron chi connectivity index (χ2n) is 3.73. The van der Waals surface area contributed by atoms with Crippen LogP contribution in [0.25, 0.3) is 0 Å². The number of hydrogen-bond acceptors (Lipinski definition) is 5. The molecule has 0 fully saturated rings. The number of nitrogens with one attached hydrogen (secondary N) is 1. The smallest absolute Gasteiger partial charge is 0.221 e. The van der Waals surface area contributed by atoms with Gasteiger partial charge in [-0.15, -0.1) is 0 Å². The van der Waals surface area contributed by atoms with Crippen LogP contribution in [0.4, 0.5) is 5.82 Å². The first-order chi connectivity index (χ1) is 8.11. The number of hydrazine groups is 1. The van der Waals surface area contributed by atoms with Crippen molar-refractivity contribution < 1.29 is 4.74 Å². The molecule has 0 aromatic carbocycles. The average Bonchev–Trinajstić information content (AvgIpc) is 2.56. The molecule has 0 amide bonds. The third-order valence-corrected chi connectivity index (χ3v) is 2.52. The summed E-state index contributed by atoms with van der Waals surface area (Å²) in [5, 5.41) is 4.27. The zero-order valence-electron chi connectivity index (χ0n) is 10.1. The van der Waals surface area contributed by atoms with Crippen LogP contribution in [0.15, 0.2) is 18.2 Å². The first-order valence-corrected chi connectivity index (χ1v) is 5.23. The van der Waals surface area contributed by atoms with Gasteiger partial charge in [0.1, 0.15) is 11.5 Å². The summed E-state index contributed by atoms with van der Waals surface area (Å²) in [6.45, 7) is 3.84. The van der Waals surface area contributed by atoms with E-state index in [1.165, 1.54) is 0 Å². The van der Waals surface area contributed by atoms with Gasteiger partial charge in [0.05, 0.1) is 5.69 Å². The molecule has 2 aromatic rings. The van der Waals surface area contributed by atoms with Crippen LogP contribution in [0, 0.1) is 13.8 Å². The molecule has 6 heteroatoms. The van der Waals surface area contributed by atoms with E-state index in [2.05, 4.69) is 15.5 Å². The summed E-state index contributed by atoms with van der Waals surface area (Å²) in [6, 6.07) is 5.35. The molecule has 0 atom stereocenters.